The highest BCUT2D eigenvalue weighted by Crippen LogP contribution is 2.25. The molecule has 2 rings (SSSR count). The summed E-state index contributed by atoms with van der Waals surface area (Å²) in [7, 11) is -4.47. The first-order valence-electron chi connectivity index (χ1n) is 5.43. The minimum absolute atomic E-state index is 0.195. The molecule has 0 aliphatic carbocycles. The molecule has 112 valence electrons. The molecule has 2 aromatic rings. The normalized spacial score (nSPS) is 11.4. The number of sulfonamides is 1. The third-order valence-electron chi connectivity index (χ3n) is 2.48. The van der Waals surface area contributed by atoms with Crippen LogP contribution < -0.4 is 10.5 Å². The molecule has 9 heteroatoms. The number of nitrogens with one attached hydrogen (secondary N) is 1. The predicted octanol–water partition coefficient (Wildman–Crippen LogP) is 3.14. The lowest BCUT2D eigenvalue weighted by atomic mass is 10.3. The van der Waals surface area contributed by atoms with E-state index in [0.717, 1.165) is 18.2 Å². The van der Waals surface area contributed by atoms with E-state index in [-0.39, 0.29) is 16.4 Å². The molecule has 0 aliphatic heterocycles. The van der Waals surface area contributed by atoms with E-state index < -0.39 is 32.4 Å². The fraction of sp³-hybridized carbons (Fsp3) is 0. The first-order chi connectivity index (χ1) is 9.70. The highest BCUT2D eigenvalue weighted by Gasteiger charge is 2.23. The molecule has 0 radical (unpaired) electrons. The highest BCUT2D eigenvalue weighted by atomic mass is 35.5. The molecule has 0 amide bonds. The summed E-state index contributed by atoms with van der Waals surface area (Å²) in [5.41, 5.74) is 4.82. The van der Waals surface area contributed by atoms with Gasteiger partial charge in [-0.1, -0.05) is 11.6 Å². The van der Waals surface area contributed by atoms with Crippen molar-refractivity contribution >= 4 is 33.0 Å². The lowest BCUT2D eigenvalue weighted by molar-refractivity contribution is 0.486. The molecule has 0 aromatic heterocycles. The molecule has 2 aromatic carbocycles. The number of hydrogen-bond donors (Lipinski definition) is 2. The summed E-state index contributed by atoms with van der Waals surface area (Å²) < 4.78 is 65.9. The number of nitrogens with two attached hydrogens (primary N) is 1. The Bertz CT molecular complexity index is 812. The van der Waals surface area contributed by atoms with E-state index in [1.807, 2.05) is 4.72 Å². The summed E-state index contributed by atoms with van der Waals surface area (Å²) in [6.45, 7) is 0. The third kappa shape index (κ3) is 3.22. The zero-order valence-corrected chi connectivity index (χ0v) is 11.8. The molecule has 0 aliphatic rings. The van der Waals surface area contributed by atoms with Crippen molar-refractivity contribution in [3.05, 3.63) is 52.8 Å². The largest absolute Gasteiger partial charge is 0.399 e. The Labute approximate surface area is 123 Å². The standard InChI is InChI=1S/C12H8ClF3N2O2S/c13-8-2-1-7(5-9(8)14)18-21(19,20)11-4-6(17)3-10(15)12(11)16/h1-5,18H,17H2. The molecule has 0 saturated heterocycles. The Hall–Kier alpha value is -1.93. The Morgan fingerprint density at radius 3 is 2.33 bits per heavy atom. The molecule has 21 heavy (non-hydrogen) atoms. The van der Waals surface area contributed by atoms with E-state index in [9.17, 15) is 21.6 Å². The molecule has 0 atom stereocenters. The number of benzene rings is 2. The average Bonchev–Trinajstić information content (AvgIpc) is 2.37. The minimum atomic E-state index is -4.47. The second-order valence-electron chi connectivity index (χ2n) is 4.05. The molecule has 0 saturated carbocycles. The Kier molecular flexibility index (Phi) is 4.02. The van der Waals surface area contributed by atoms with Crippen LogP contribution in [-0.2, 0) is 10.0 Å². The molecule has 0 heterocycles. The second kappa shape index (κ2) is 5.45. The van der Waals surface area contributed by atoms with Crippen molar-refractivity contribution in [1.82, 2.24) is 0 Å². The van der Waals surface area contributed by atoms with Crippen LogP contribution in [0.15, 0.2) is 35.2 Å². The molecular weight excluding hydrogens is 329 g/mol. The van der Waals surface area contributed by atoms with Crippen molar-refractivity contribution in [1.29, 1.82) is 0 Å². The fourth-order valence-electron chi connectivity index (χ4n) is 1.55. The van der Waals surface area contributed by atoms with Crippen molar-refractivity contribution in [3.8, 4) is 0 Å². The smallest absolute Gasteiger partial charge is 0.265 e. The van der Waals surface area contributed by atoms with Crippen LogP contribution in [-0.4, -0.2) is 8.42 Å². The fourth-order valence-corrected chi connectivity index (χ4v) is 2.84. The Morgan fingerprint density at radius 1 is 1.05 bits per heavy atom. The second-order valence-corrected chi connectivity index (χ2v) is 6.11. The van der Waals surface area contributed by atoms with Gasteiger partial charge < -0.3 is 5.73 Å². The molecule has 0 fully saturated rings. The van der Waals surface area contributed by atoms with Crippen molar-refractivity contribution in [3.63, 3.8) is 0 Å². The monoisotopic (exact) mass is 336 g/mol. The summed E-state index contributed by atoms with van der Waals surface area (Å²) in [5, 5.41) is -0.209. The number of anilines is 2. The Balaban J connectivity index is 2.45. The molecule has 3 N–H and O–H groups in total. The van der Waals surface area contributed by atoms with E-state index in [1.54, 1.807) is 0 Å². The van der Waals surface area contributed by atoms with Gasteiger partial charge in [-0.25, -0.2) is 21.6 Å². The van der Waals surface area contributed by atoms with Crippen LogP contribution in [0.1, 0.15) is 0 Å². The van der Waals surface area contributed by atoms with Gasteiger partial charge in [-0.05, 0) is 30.3 Å². The van der Waals surface area contributed by atoms with Crippen molar-refractivity contribution in [2.24, 2.45) is 0 Å². The summed E-state index contributed by atoms with van der Waals surface area (Å²) in [6, 6.07) is 4.50. The van der Waals surface area contributed by atoms with E-state index in [2.05, 4.69) is 0 Å². The van der Waals surface area contributed by atoms with Crippen LogP contribution in [0, 0.1) is 17.5 Å². The van der Waals surface area contributed by atoms with E-state index in [4.69, 9.17) is 17.3 Å². The maximum atomic E-state index is 13.6. The van der Waals surface area contributed by atoms with Gasteiger partial charge >= 0.3 is 0 Å². The van der Waals surface area contributed by atoms with Crippen molar-refractivity contribution < 1.29 is 21.6 Å². The first kappa shape index (κ1) is 15.5. The van der Waals surface area contributed by atoms with Gasteiger partial charge in [-0.2, -0.15) is 0 Å². The minimum Gasteiger partial charge on any atom is -0.399 e. The first-order valence-corrected chi connectivity index (χ1v) is 7.29. The molecule has 0 spiro atoms. The van der Waals surface area contributed by atoms with E-state index in [1.165, 1.54) is 6.07 Å². The quantitative estimate of drug-likeness (QED) is 0.846. The van der Waals surface area contributed by atoms with Crippen molar-refractivity contribution in [2.45, 2.75) is 4.90 Å². The van der Waals surface area contributed by atoms with Gasteiger partial charge in [0.25, 0.3) is 10.0 Å². The molecule has 4 nitrogen and oxygen atoms in total. The van der Waals surface area contributed by atoms with Crippen molar-refractivity contribution in [2.75, 3.05) is 10.5 Å². The van der Waals surface area contributed by atoms with Gasteiger partial charge in [0.05, 0.1) is 10.7 Å². The lowest BCUT2D eigenvalue weighted by Gasteiger charge is -2.10. The summed E-state index contributed by atoms with van der Waals surface area (Å²) >= 11 is 5.46. The number of halogens is 4. The van der Waals surface area contributed by atoms with Crippen LogP contribution in [0.2, 0.25) is 5.02 Å². The van der Waals surface area contributed by atoms with E-state index in [0.29, 0.717) is 6.07 Å². The maximum absolute atomic E-state index is 13.6. The van der Waals surface area contributed by atoms with Crippen LogP contribution in [0.4, 0.5) is 24.5 Å². The summed E-state index contributed by atoms with van der Waals surface area (Å²) in [6.07, 6.45) is 0. The summed E-state index contributed by atoms with van der Waals surface area (Å²) in [5.74, 6) is -3.85. The molecular formula is C12H8ClF3N2O2S. The summed E-state index contributed by atoms with van der Waals surface area (Å²) in [4.78, 5) is -0.977. The van der Waals surface area contributed by atoms with Gasteiger partial charge in [0, 0.05) is 5.69 Å². The SMILES string of the molecule is Nc1cc(F)c(F)c(S(=O)(=O)Nc2ccc(Cl)c(F)c2)c1. The van der Waals surface area contributed by atoms with Gasteiger partial charge in [0.1, 0.15) is 10.7 Å². The van der Waals surface area contributed by atoms with Gasteiger partial charge in [-0.15, -0.1) is 0 Å². The predicted molar refractivity (Wildman–Crippen MR) is 73.0 cm³/mol. The van der Waals surface area contributed by atoms with Crippen LogP contribution in [0.25, 0.3) is 0 Å². The topological polar surface area (TPSA) is 72.2 Å². The highest BCUT2D eigenvalue weighted by molar-refractivity contribution is 7.92. The van der Waals surface area contributed by atoms with Crippen LogP contribution in [0.5, 0.6) is 0 Å². The molecule has 0 unspecified atom stereocenters. The van der Waals surface area contributed by atoms with Crippen LogP contribution in [0.3, 0.4) is 0 Å². The number of rotatable bonds is 3. The zero-order valence-electron chi connectivity index (χ0n) is 10.2. The maximum Gasteiger partial charge on any atom is 0.265 e. The lowest BCUT2D eigenvalue weighted by Crippen LogP contribution is -2.16. The molecule has 0 bridgehead atoms. The van der Waals surface area contributed by atoms with Gasteiger partial charge in [0.15, 0.2) is 11.6 Å². The Morgan fingerprint density at radius 2 is 1.71 bits per heavy atom. The number of hydrogen-bond acceptors (Lipinski definition) is 3. The third-order valence-corrected chi connectivity index (χ3v) is 4.17. The van der Waals surface area contributed by atoms with Gasteiger partial charge in [-0.3, -0.25) is 4.72 Å². The average molecular weight is 337 g/mol. The van der Waals surface area contributed by atoms with E-state index >= 15 is 0 Å². The number of nitrogen functional groups attached to an aromatic ring is 1. The zero-order chi connectivity index (χ0) is 15.8. The van der Waals surface area contributed by atoms with Crippen LogP contribution >= 0.6 is 11.6 Å². The van der Waals surface area contributed by atoms with Gasteiger partial charge in [0.2, 0.25) is 0 Å².